The van der Waals surface area contributed by atoms with Gasteiger partial charge in [-0.3, -0.25) is 9.80 Å². The Bertz CT molecular complexity index is 584. The fourth-order valence-electron chi connectivity index (χ4n) is 3.35. The first-order valence-corrected chi connectivity index (χ1v) is 8.40. The first-order valence-electron chi connectivity index (χ1n) is 8.40. The number of ether oxygens (including phenoxy) is 2. The lowest BCUT2D eigenvalue weighted by Crippen LogP contribution is -2.63. The van der Waals surface area contributed by atoms with Crippen molar-refractivity contribution >= 4 is 5.96 Å². The van der Waals surface area contributed by atoms with E-state index in [-0.39, 0.29) is 0 Å². The first kappa shape index (κ1) is 16.9. The largest absolute Gasteiger partial charge is 0.493 e. The number of hydrogen-bond donors (Lipinski definition) is 2. The third-order valence-corrected chi connectivity index (χ3v) is 4.79. The summed E-state index contributed by atoms with van der Waals surface area (Å²) in [5, 5.41) is 3.26. The molecule has 0 spiro atoms. The summed E-state index contributed by atoms with van der Waals surface area (Å²) in [6, 6.07) is 6.31. The summed E-state index contributed by atoms with van der Waals surface area (Å²) in [7, 11) is 3.26. The summed E-state index contributed by atoms with van der Waals surface area (Å²) in [6.45, 7) is 7.19. The van der Waals surface area contributed by atoms with Gasteiger partial charge in [-0.15, -0.1) is 0 Å². The van der Waals surface area contributed by atoms with Crippen molar-refractivity contribution in [2.45, 2.75) is 12.6 Å². The molecule has 1 atom stereocenters. The van der Waals surface area contributed by atoms with Gasteiger partial charge in [0.2, 0.25) is 0 Å². The van der Waals surface area contributed by atoms with Crippen LogP contribution in [-0.2, 0) is 6.54 Å². The van der Waals surface area contributed by atoms with Crippen molar-refractivity contribution in [3.8, 4) is 11.5 Å². The molecular formula is C17H27N5O2. The normalized spacial score (nSPS) is 26.2. The molecule has 132 valence electrons. The van der Waals surface area contributed by atoms with Gasteiger partial charge in [0.25, 0.3) is 0 Å². The smallest absolute Gasteiger partial charge is 0.188 e. The van der Waals surface area contributed by atoms with Crippen LogP contribution in [0.2, 0.25) is 0 Å². The maximum Gasteiger partial charge on any atom is 0.188 e. The number of fused-ring (bicyclic) bond motifs is 3. The summed E-state index contributed by atoms with van der Waals surface area (Å²) in [5.74, 6) is 1.91. The number of nitrogens with two attached hydrogens (primary N) is 1. The lowest BCUT2D eigenvalue weighted by atomic mass is 10.1. The van der Waals surface area contributed by atoms with Crippen LogP contribution in [0.3, 0.4) is 0 Å². The molecule has 3 aliphatic heterocycles. The number of guanidine groups is 1. The first-order chi connectivity index (χ1) is 11.7. The molecule has 4 rings (SSSR count). The Morgan fingerprint density at radius 1 is 1.21 bits per heavy atom. The molecule has 0 aromatic heterocycles. The van der Waals surface area contributed by atoms with E-state index in [1.165, 1.54) is 13.1 Å². The van der Waals surface area contributed by atoms with Crippen molar-refractivity contribution in [3.05, 3.63) is 23.8 Å². The number of nitrogens with one attached hydrogen (secondary N) is 1. The van der Waals surface area contributed by atoms with Crippen molar-refractivity contribution in [2.24, 2.45) is 10.7 Å². The SMILES string of the molecule is COc1ccc(CN=C(N)NCC2CN3CCN2CC3)cc1OC. The van der Waals surface area contributed by atoms with E-state index in [1.54, 1.807) is 14.2 Å². The zero-order valence-electron chi connectivity index (χ0n) is 14.5. The second kappa shape index (κ2) is 7.72. The van der Waals surface area contributed by atoms with E-state index in [0.717, 1.165) is 31.7 Å². The number of hydrogen-bond acceptors (Lipinski definition) is 5. The molecule has 3 aliphatic rings. The monoisotopic (exact) mass is 333 g/mol. The average Bonchev–Trinajstić information content (AvgIpc) is 2.65. The predicted molar refractivity (Wildman–Crippen MR) is 94.7 cm³/mol. The minimum atomic E-state index is 0.488. The van der Waals surface area contributed by atoms with Gasteiger partial charge in [0, 0.05) is 45.3 Å². The maximum absolute atomic E-state index is 6.01. The third-order valence-electron chi connectivity index (χ3n) is 4.79. The van der Waals surface area contributed by atoms with E-state index in [4.69, 9.17) is 15.2 Å². The number of piperazine rings is 3. The van der Waals surface area contributed by atoms with Crippen LogP contribution < -0.4 is 20.5 Å². The van der Waals surface area contributed by atoms with Crippen LogP contribution in [0.25, 0.3) is 0 Å². The van der Waals surface area contributed by atoms with Gasteiger partial charge in [0.1, 0.15) is 0 Å². The fraction of sp³-hybridized carbons (Fsp3) is 0.588. The van der Waals surface area contributed by atoms with Crippen molar-refractivity contribution in [1.29, 1.82) is 0 Å². The van der Waals surface area contributed by atoms with Crippen LogP contribution >= 0.6 is 0 Å². The Morgan fingerprint density at radius 2 is 1.96 bits per heavy atom. The van der Waals surface area contributed by atoms with Crippen molar-refractivity contribution in [1.82, 2.24) is 15.1 Å². The van der Waals surface area contributed by atoms with Crippen LogP contribution in [0.15, 0.2) is 23.2 Å². The summed E-state index contributed by atoms with van der Waals surface area (Å²) in [6.07, 6.45) is 0. The molecule has 1 aromatic rings. The van der Waals surface area contributed by atoms with Gasteiger partial charge in [-0.25, -0.2) is 4.99 Å². The van der Waals surface area contributed by atoms with E-state index in [1.807, 2.05) is 18.2 Å². The van der Waals surface area contributed by atoms with E-state index in [2.05, 4.69) is 20.1 Å². The molecule has 0 aliphatic carbocycles. The van der Waals surface area contributed by atoms with E-state index in [0.29, 0.717) is 30.0 Å². The minimum absolute atomic E-state index is 0.488. The van der Waals surface area contributed by atoms with Crippen LogP contribution in [0.1, 0.15) is 5.56 Å². The van der Waals surface area contributed by atoms with Gasteiger partial charge in [0.05, 0.1) is 20.8 Å². The van der Waals surface area contributed by atoms with E-state index < -0.39 is 0 Å². The number of aliphatic imine (C=N–C) groups is 1. The molecule has 7 nitrogen and oxygen atoms in total. The average molecular weight is 333 g/mol. The molecule has 7 heteroatoms. The quantitative estimate of drug-likeness (QED) is 0.568. The second-order valence-corrected chi connectivity index (χ2v) is 6.26. The highest BCUT2D eigenvalue weighted by Gasteiger charge is 2.31. The van der Waals surface area contributed by atoms with Gasteiger partial charge >= 0.3 is 0 Å². The molecule has 3 N–H and O–H groups in total. The van der Waals surface area contributed by atoms with Crippen molar-refractivity contribution in [2.75, 3.05) is 53.5 Å². The van der Waals surface area contributed by atoms with Crippen LogP contribution in [0, 0.1) is 0 Å². The molecule has 1 unspecified atom stereocenters. The van der Waals surface area contributed by atoms with Crippen molar-refractivity contribution < 1.29 is 9.47 Å². The second-order valence-electron chi connectivity index (χ2n) is 6.26. The molecule has 2 bridgehead atoms. The summed E-state index contributed by atoms with van der Waals surface area (Å²) in [4.78, 5) is 9.48. The third kappa shape index (κ3) is 3.91. The fourth-order valence-corrected chi connectivity index (χ4v) is 3.35. The zero-order valence-corrected chi connectivity index (χ0v) is 14.5. The van der Waals surface area contributed by atoms with Gasteiger partial charge in [-0.2, -0.15) is 0 Å². The molecule has 1 aromatic carbocycles. The molecule has 3 heterocycles. The summed E-state index contributed by atoms with van der Waals surface area (Å²) >= 11 is 0. The number of methoxy groups -OCH3 is 2. The van der Waals surface area contributed by atoms with Crippen LogP contribution in [-0.4, -0.2) is 75.3 Å². The Kier molecular flexibility index (Phi) is 5.42. The highest BCUT2D eigenvalue weighted by molar-refractivity contribution is 5.77. The Hall–Kier alpha value is -1.99. The predicted octanol–water partition coefficient (Wildman–Crippen LogP) is 0.108. The molecule has 3 saturated heterocycles. The molecule has 24 heavy (non-hydrogen) atoms. The van der Waals surface area contributed by atoms with Crippen LogP contribution in [0.4, 0.5) is 0 Å². The Labute approximate surface area is 143 Å². The zero-order chi connectivity index (χ0) is 16.9. The van der Waals surface area contributed by atoms with Gasteiger partial charge in [-0.05, 0) is 17.7 Å². The number of benzene rings is 1. The Balaban J connectivity index is 1.51. The minimum Gasteiger partial charge on any atom is -0.493 e. The van der Waals surface area contributed by atoms with E-state index >= 15 is 0 Å². The molecule has 0 saturated carbocycles. The van der Waals surface area contributed by atoms with Gasteiger partial charge < -0.3 is 20.5 Å². The number of rotatable bonds is 6. The number of nitrogens with zero attached hydrogens (tertiary/aromatic N) is 3. The highest BCUT2D eigenvalue weighted by Crippen LogP contribution is 2.27. The lowest BCUT2D eigenvalue weighted by molar-refractivity contribution is 0.0154. The van der Waals surface area contributed by atoms with E-state index in [9.17, 15) is 0 Å². The molecular weight excluding hydrogens is 306 g/mol. The lowest BCUT2D eigenvalue weighted by Gasteiger charge is -2.47. The highest BCUT2D eigenvalue weighted by atomic mass is 16.5. The molecule has 0 radical (unpaired) electrons. The topological polar surface area (TPSA) is 75.4 Å². The summed E-state index contributed by atoms with van der Waals surface area (Å²) < 4.78 is 10.5. The summed E-state index contributed by atoms with van der Waals surface area (Å²) in [5.41, 5.74) is 7.05. The molecule has 0 amide bonds. The maximum atomic E-state index is 6.01. The Morgan fingerprint density at radius 3 is 2.58 bits per heavy atom. The molecule has 3 fully saturated rings. The van der Waals surface area contributed by atoms with Gasteiger partial charge in [0.15, 0.2) is 17.5 Å². The standard InChI is InChI=1S/C17H27N5O2/c1-23-15-4-3-13(9-16(15)24-2)10-19-17(18)20-11-14-12-21-5-7-22(14)8-6-21/h3-4,9,14H,5-8,10-12H2,1-2H3,(H3,18,19,20). The van der Waals surface area contributed by atoms with Crippen LogP contribution in [0.5, 0.6) is 11.5 Å². The van der Waals surface area contributed by atoms with Gasteiger partial charge in [-0.1, -0.05) is 6.07 Å². The van der Waals surface area contributed by atoms with Crippen molar-refractivity contribution in [3.63, 3.8) is 0 Å².